The van der Waals surface area contributed by atoms with Crippen LogP contribution in [0.4, 0.5) is 4.79 Å². The average Bonchev–Trinajstić information content (AvgIpc) is 2.37. The summed E-state index contributed by atoms with van der Waals surface area (Å²) in [6, 6.07) is -2.91. The van der Waals surface area contributed by atoms with Gasteiger partial charge in [0.05, 0.1) is 6.42 Å². The number of nitrogens with one attached hydrogen (secondary N) is 1. The number of primary amides is 2. The summed E-state index contributed by atoms with van der Waals surface area (Å²) in [4.78, 5) is 46.2. The van der Waals surface area contributed by atoms with Crippen LogP contribution >= 0.6 is 0 Å². The van der Waals surface area contributed by atoms with E-state index >= 15 is 0 Å². The van der Waals surface area contributed by atoms with Crippen LogP contribution in [0, 0.1) is 0 Å². The van der Waals surface area contributed by atoms with E-state index in [1.807, 2.05) is 0 Å². The number of likely N-dealkylation sites (tertiary alicyclic amines) is 1. The van der Waals surface area contributed by atoms with Gasteiger partial charge < -0.3 is 26.8 Å². The molecule has 9 nitrogen and oxygen atoms in total. The van der Waals surface area contributed by atoms with Crippen molar-refractivity contribution in [1.82, 2.24) is 10.2 Å². The van der Waals surface area contributed by atoms with E-state index < -0.39 is 42.3 Å². The second-order valence-electron chi connectivity index (χ2n) is 4.62. The molecule has 6 N–H and O–H groups in total. The lowest BCUT2D eigenvalue weighted by Gasteiger charge is -2.34. The molecular weight excluding hydrogens is 268 g/mol. The lowest BCUT2D eigenvalue weighted by Crippen LogP contribution is -2.56. The van der Waals surface area contributed by atoms with E-state index in [0.29, 0.717) is 19.4 Å². The van der Waals surface area contributed by atoms with Crippen LogP contribution in [0.2, 0.25) is 0 Å². The number of aliphatic carboxylic acids is 1. The first kappa shape index (κ1) is 15.7. The number of hydrogen-bond acceptors (Lipinski definition) is 4. The molecule has 9 heteroatoms. The monoisotopic (exact) mass is 286 g/mol. The number of carboxylic acid groups (broad SMARTS) is 1. The molecule has 1 fully saturated rings. The summed E-state index contributed by atoms with van der Waals surface area (Å²) in [7, 11) is 0. The second kappa shape index (κ2) is 6.73. The van der Waals surface area contributed by atoms with E-state index in [2.05, 4.69) is 5.32 Å². The number of amides is 4. The molecule has 0 aromatic rings. The quantitative estimate of drug-likeness (QED) is 0.477. The summed E-state index contributed by atoms with van der Waals surface area (Å²) in [5.74, 6) is -2.85. The number of carbonyl (C=O) groups is 4. The largest absolute Gasteiger partial charge is 0.480 e. The van der Waals surface area contributed by atoms with Gasteiger partial charge >= 0.3 is 12.0 Å². The first-order valence-electron chi connectivity index (χ1n) is 6.20. The Morgan fingerprint density at radius 2 is 1.90 bits per heavy atom. The third-order valence-corrected chi connectivity index (χ3v) is 3.09. The highest BCUT2D eigenvalue weighted by Gasteiger charge is 2.33. The van der Waals surface area contributed by atoms with Gasteiger partial charge in [0.25, 0.3) is 0 Å². The number of carbonyl (C=O) groups excluding carboxylic acids is 3. The lowest BCUT2D eigenvalue weighted by atomic mass is 10.0. The van der Waals surface area contributed by atoms with E-state index in [1.54, 1.807) is 0 Å². The molecule has 2 unspecified atom stereocenters. The number of nitrogens with two attached hydrogens (primary N) is 2. The van der Waals surface area contributed by atoms with Gasteiger partial charge in [-0.25, -0.2) is 9.59 Å². The summed E-state index contributed by atoms with van der Waals surface area (Å²) in [6.45, 7) is 0.308. The number of carboxylic acids is 1. The van der Waals surface area contributed by atoms with E-state index in [4.69, 9.17) is 16.6 Å². The smallest absolute Gasteiger partial charge is 0.326 e. The van der Waals surface area contributed by atoms with Crippen LogP contribution in [0.5, 0.6) is 0 Å². The third-order valence-electron chi connectivity index (χ3n) is 3.09. The Balaban J connectivity index is 2.73. The van der Waals surface area contributed by atoms with Crippen LogP contribution in [-0.2, 0) is 14.4 Å². The van der Waals surface area contributed by atoms with Gasteiger partial charge in [-0.3, -0.25) is 9.59 Å². The Labute approximate surface area is 115 Å². The highest BCUT2D eigenvalue weighted by molar-refractivity contribution is 5.90. The van der Waals surface area contributed by atoms with Crippen molar-refractivity contribution < 1.29 is 24.3 Å². The Hall–Kier alpha value is -2.32. The molecule has 1 heterocycles. The van der Waals surface area contributed by atoms with E-state index in [0.717, 1.165) is 6.42 Å². The molecule has 1 saturated heterocycles. The van der Waals surface area contributed by atoms with Gasteiger partial charge in [0.15, 0.2) is 0 Å². The van der Waals surface area contributed by atoms with Gasteiger partial charge in [-0.15, -0.1) is 0 Å². The van der Waals surface area contributed by atoms with Crippen LogP contribution in [0.25, 0.3) is 0 Å². The maximum atomic E-state index is 12.0. The molecule has 1 aliphatic heterocycles. The minimum Gasteiger partial charge on any atom is -0.480 e. The Bertz CT molecular complexity index is 425. The van der Waals surface area contributed by atoms with Crippen LogP contribution in [0.1, 0.15) is 25.7 Å². The van der Waals surface area contributed by atoms with Gasteiger partial charge in [0.1, 0.15) is 12.1 Å². The van der Waals surface area contributed by atoms with Gasteiger partial charge in [0, 0.05) is 6.54 Å². The van der Waals surface area contributed by atoms with Gasteiger partial charge in [-0.1, -0.05) is 0 Å². The standard InChI is InChI=1S/C11H18N4O5/c12-8(16)5-6(10(18)19)14-11(20)15-4-2-1-3-7(15)9(13)17/h6-7H,1-5H2,(H2,12,16)(H2,13,17)(H,14,20)(H,18,19). The maximum Gasteiger partial charge on any atom is 0.326 e. The maximum absolute atomic E-state index is 12.0. The lowest BCUT2D eigenvalue weighted by molar-refractivity contribution is -0.141. The topological polar surface area (TPSA) is 156 Å². The first-order chi connectivity index (χ1) is 9.32. The van der Waals surface area contributed by atoms with E-state index in [1.165, 1.54) is 4.90 Å². The highest BCUT2D eigenvalue weighted by Crippen LogP contribution is 2.17. The number of rotatable bonds is 5. The minimum atomic E-state index is -1.42. The van der Waals surface area contributed by atoms with Crippen molar-refractivity contribution >= 4 is 23.8 Å². The van der Waals surface area contributed by atoms with Gasteiger partial charge in [-0.05, 0) is 19.3 Å². The van der Waals surface area contributed by atoms with Crippen molar-refractivity contribution in [2.75, 3.05) is 6.54 Å². The van der Waals surface area contributed by atoms with E-state index in [9.17, 15) is 19.2 Å². The molecule has 0 aliphatic carbocycles. The van der Waals surface area contributed by atoms with Gasteiger partial charge in [0.2, 0.25) is 11.8 Å². The zero-order valence-corrected chi connectivity index (χ0v) is 10.9. The van der Waals surface area contributed by atoms with E-state index in [-0.39, 0.29) is 0 Å². The predicted octanol–water partition coefficient (Wildman–Crippen LogP) is -1.64. The zero-order valence-electron chi connectivity index (χ0n) is 10.9. The number of urea groups is 1. The normalized spacial score (nSPS) is 20.0. The summed E-state index contributed by atoms with van der Waals surface area (Å²) in [5.41, 5.74) is 10.1. The van der Waals surface area contributed by atoms with Crippen molar-refractivity contribution in [2.45, 2.75) is 37.8 Å². The van der Waals surface area contributed by atoms with Crippen molar-refractivity contribution in [2.24, 2.45) is 11.5 Å². The second-order valence-corrected chi connectivity index (χ2v) is 4.62. The molecule has 112 valence electrons. The summed E-state index contributed by atoms with van der Waals surface area (Å²) < 4.78 is 0. The number of hydrogen-bond donors (Lipinski definition) is 4. The summed E-state index contributed by atoms with van der Waals surface area (Å²) >= 11 is 0. The molecule has 20 heavy (non-hydrogen) atoms. The van der Waals surface area contributed by atoms with Crippen molar-refractivity contribution in [3.63, 3.8) is 0 Å². The molecule has 0 bridgehead atoms. The molecule has 0 saturated carbocycles. The van der Waals surface area contributed by atoms with Crippen molar-refractivity contribution in [1.29, 1.82) is 0 Å². The fourth-order valence-electron chi connectivity index (χ4n) is 2.10. The third kappa shape index (κ3) is 4.11. The van der Waals surface area contributed by atoms with Crippen LogP contribution < -0.4 is 16.8 Å². The SMILES string of the molecule is NC(=O)CC(NC(=O)N1CCCCC1C(N)=O)C(=O)O. The fourth-order valence-corrected chi connectivity index (χ4v) is 2.10. The molecule has 2 atom stereocenters. The highest BCUT2D eigenvalue weighted by atomic mass is 16.4. The molecule has 1 rings (SSSR count). The summed E-state index contributed by atoms with van der Waals surface area (Å²) in [6.07, 6.45) is 1.39. The predicted molar refractivity (Wildman–Crippen MR) is 67.3 cm³/mol. The van der Waals surface area contributed by atoms with Crippen LogP contribution in [0.3, 0.4) is 0 Å². The Kier molecular flexibility index (Phi) is 5.30. The number of piperidine rings is 1. The molecular formula is C11H18N4O5. The number of nitrogens with zero attached hydrogens (tertiary/aromatic N) is 1. The molecule has 0 spiro atoms. The molecule has 4 amide bonds. The van der Waals surface area contributed by atoms with Crippen LogP contribution in [-0.4, -0.2) is 52.4 Å². The van der Waals surface area contributed by atoms with Crippen molar-refractivity contribution in [3.05, 3.63) is 0 Å². The molecule has 0 aromatic heterocycles. The molecule has 0 radical (unpaired) electrons. The van der Waals surface area contributed by atoms with Crippen molar-refractivity contribution in [3.8, 4) is 0 Å². The Morgan fingerprint density at radius 1 is 1.25 bits per heavy atom. The van der Waals surface area contributed by atoms with Gasteiger partial charge in [-0.2, -0.15) is 0 Å². The van der Waals surface area contributed by atoms with Crippen LogP contribution in [0.15, 0.2) is 0 Å². The first-order valence-corrected chi connectivity index (χ1v) is 6.20. The fraction of sp³-hybridized carbons (Fsp3) is 0.636. The molecule has 0 aromatic carbocycles. The zero-order chi connectivity index (χ0) is 15.3. The minimum absolute atomic E-state index is 0.308. The molecule has 1 aliphatic rings. The average molecular weight is 286 g/mol. The summed E-state index contributed by atoms with van der Waals surface area (Å²) in [5, 5.41) is 11.1. The Morgan fingerprint density at radius 3 is 2.40 bits per heavy atom.